The van der Waals surface area contributed by atoms with Crippen molar-refractivity contribution in [1.29, 1.82) is 0 Å². The standard InChI is InChI=1S/C13H15N3O/c1-10-4-2-3-5-12(10)13(17)16-9-15-8-11(16)6-7-14/h2-5,8-9H,6-7,14H2,1H3. The zero-order valence-corrected chi connectivity index (χ0v) is 9.76. The quantitative estimate of drug-likeness (QED) is 0.865. The van der Waals surface area contributed by atoms with Gasteiger partial charge in [-0.3, -0.25) is 9.36 Å². The Hall–Kier alpha value is -1.94. The molecular formula is C13H15N3O. The summed E-state index contributed by atoms with van der Waals surface area (Å²) in [5.41, 5.74) is 8.01. The lowest BCUT2D eigenvalue weighted by molar-refractivity contribution is 0.0956. The van der Waals surface area contributed by atoms with E-state index < -0.39 is 0 Å². The van der Waals surface area contributed by atoms with Crippen molar-refractivity contribution in [3.63, 3.8) is 0 Å². The molecule has 4 nitrogen and oxygen atoms in total. The minimum atomic E-state index is -0.0518. The van der Waals surface area contributed by atoms with Crippen LogP contribution < -0.4 is 5.73 Å². The summed E-state index contributed by atoms with van der Waals surface area (Å²) < 4.78 is 1.56. The van der Waals surface area contributed by atoms with E-state index in [4.69, 9.17) is 5.73 Å². The topological polar surface area (TPSA) is 60.9 Å². The molecule has 0 fully saturated rings. The number of rotatable bonds is 3. The maximum absolute atomic E-state index is 12.3. The summed E-state index contributed by atoms with van der Waals surface area (Å²) in [5, 5.41) is 0. The van der Waals surface area contributed by atoms with E-state index in [0.717, 1.165) is 11.3 Å². The molecule has 0 unspecified atom stereocenters. The van der Waals surface area contributed by atoms with Crippen LogP contribution in [0.3, 0.4) is 0 Å². The summed E-state index contributed by atoms with van der Waals surface area (Å²) in [6.45, 7) is 2.43. The molecule has 2 rings (SSSR count). The van der Waals surface area contributed by atoms with Gasteiger partial charge in [0.2, 0.25) is 0 Å². The highest BCUT2D eigenvalue weighted by Crippen LogP contribution is 2.11. The summed E-state index contributed by atoms with van der Waals surface area (Å²) in [6.07, 6.45) is 3.88. The van der Waals surface area contributed by atoms with Crippen LogP contribution in [0, 0.1) is 6.92 Å². The Balaban J connectivity index is 2.37. The van der Waals surface area contributed by atoms with E-state index in [0.29, 0.717) is 18.5 Å². The lowest BCUT2D eigenvalue weighted by Gasteiger charge is -2.08. The Morgan fingerprint density at radius 1 is 1.41 bits per heavy atom. The van der Waals surface area contributed by atoms with Gasteiger partial charge in [-0.25, -0.2) is 4.98 Å². The van der Waals surface area contributed by atoms with Gasteiger partial charge in [0.1, 0.15) is 6.33 Å². The summed E-state index contributed by atoms with van der Waals surface area (Å²) in [4.78, 5) is 16.3. The van der Waals surface area contributed by atoms with Crippen LogP contribution in [-0.4, -0.2) is 22.0 Å². The fourth-order valence-electron chi connectivity index (χ4n) is 1.78. The molecule has 1 aromatic heterocycles. The number of carbonyl (C=O) groups excluding carboxylic acids is 1. The van der Waals surface area contributed by atoms with E-state index in [9.17, 15) is 4.79 Å². The van der Waals surface area contributed by atoms with Gasteiger partial charge in [0.25, 0.3) is 5.91 Å². The molecule has 0 aliphatic rings. The van der Waals surface area contributed by atoms with Gasteiger partial charge in [0.15, 0.2) is 0 Å². The maximum atomic E-state index is 12.3. The molecule has 2 aromatic rings. The van der Waals surface area contributed by atoms with Crippen molar-refractivity contribution in [2.45, 2.75) is 13.3 Å². The third-order valence-corrected chi connectivity index (χ3v) is 2.71. The molecule has 0 spiro atoms. The Morgan fingerprint density at radius 2 is 2.18 bits per heavy atom. The number of nitrogens with two attached hydrogens (primary N) is 1. The summed E-state index contributed by atoms with van der Waals surface area (Å²) >= 11 is 0. The molecule has 2 N–H and O–H groups in total. The zero-order chi connectivity index (χ0) is 12.3. The van der Waals surface area contributed by atoms with E-state index in [1.165, 1.54) is 0 Å². The molecule has 0 radical (unpaired) electrons. The van der Waals surface area contributed by atoms with Gasteiger partial charge >= 0.3 is 0 Å². The first kappa shape index (κ1) is 11.5. The van der Waals surface area contributed by atoms with Gasteiger partial charge < -0.3 is 5.73 Å². The van der Waals surface area contributed by atoms with Gasteiger partial charge in [-0.15, -0.1) is 0 Å². The van der Waals surface area contributed by atoms with Crippen molar-refractivity contribution in [3.05, 3.63) is 53.6 Å². The summed E-state index contributed by atoms with van der Waals surface area (Å²) in [6, 6.07) is 7.53. The monoisotopic (exact) mass is 229 g/mol. The third-order valence-electron chi connectivity index (χ3n) is 2.71. The Labute approximate surface area is 100 Å². The highest BCUT2D eigenvalue weighted by atomic mass is 16.2. The number of imidazole rings is 1. The summed E-state index contributed by atoms with van der Waals surface area (Å²) in [5.74, 6) is -0.0518. The predicted molar refractivity (Wildman–Crippen MR) is 65.9 cm³/mol. The molecule has 0 amide bonds. The first-order valence-corrected chi connectivity index (χ1v) is 5.55. The van der Waals surface area contributed by atoms with Crippen molar-refractivity contribution in [3.8, 4) is 0 Å². The highest BCUT2D eigenvalue weighted by molar-refractivity contribution is 5.97. The Kier molecular flexibility index (Phi) is 3.35. The molecule has 0 saturated heterocycles. The van der Waals surface area contributed by atoms with Gasteiger partial charge in [-0.1, -0.05) is 18.2 Å². The lowest BCUT2D eigenvalue weighted by Crippen LogP contribution is -2.17. The van der Waals surface area contributed by atoms with Crippen LogP contribution in [0.15, 0.2) is 36.8 Å². The average molecular weight is 229 g/mol. The molecule has 1 aromatic carbocycles. The second-order valence-corrected chi connectivity index (χ2v) is 3.91. The first-order valence-electron chi connectivity index (χ1n) is 5.55. The van der Waals surface area contributed by atoms with E-state index in [2.05, 4.69) is 4.98 Å². The molecule has 0 atom stereocenters. The smallest absolute Gasteiger partial charge is 0.263 e. The van der Waals surface area contributed by atoms with Crippen LogP contribution in [0.5, 0.6) is 0 Å². The van der Waals surface area contributed by atoms with Crippen LogP contribution in [0.4, 0.5) is 0 Å². The number of aryl methyl sites for hydroxylation is 1. The lowest BCUT2D eigenvalue weighted by atomic mass is 10.1. The number of benzene rings is 1. The molecule has 17 heavy (non-hydrogen) atoms. The van der Waals surface area contributed by atoms with Gasteiger partial charge in [-0.2, -0.15) is 0 Å². The van der Waals surface area contributed by atoms with Crippen molar-refractivity contribution in [1.82, 2.24) is 9.55 Å². The minimum Gasteiger partial charge on any atom is -0.330 e. The molecule has 0 aliphatic carbocycles. The molecule has 0 bridgehead atoms. The number of nitrogens with zero attached hydrogens (tertiary/aromatic N) is 2. The molecule has 0 aliphatic heterocycles. The van der Waals surface area contributed by atoms with Crippen molar-refractivity contribution in [2.24, 2.45) is 5.73 Å². The minimum absolute atomic E-state index is 0.0518. The average Bonchev–Trinajstić information content (AvgIpc) is 2.78. The SMILES string of the molecule is Cc1ccccc1C(=O)n1cncc1CCN. The molecular weight excluding hydrogens is 214 g/mol. The van der Waals surface area contributed by atoms with Crippen LogP contribution in [-0.2, 0) is 6.42 Å². The molecule has 4 heteroatoms. The fourth-order valence-corrected chi connectivity index (χ4v) is 1.78. The van der Waals surface area contributed by atoms with Crippen molar-refractivity contribution >= 4 is 5.91 Å². The maximum Gasteiger partial charge on any atom is 0.263 e. The number of aromatic nitrogens is 2. The van der Waals surface area contributed by atoms with Crippen molar-refractivity contribution in [2.75, 3.05) is 6.54 Å². The van der Waals surface area contributed by atoms with Gasteiger partial charge in [-0.05, 0) is 25.1 Å². The third kappa shape index (κ3) is 2.26. The van der Waals surface area contributed by atoms with E-state index in [1.54, 1.807) is 17.1 Å². The number of hydrogen-bond donors (Lipinski definition) is 1. The highest BCUT2D eigenvalue weighted by Gasteiger charge is 2.13. The van der Waals surface area contributed by atoms with Crippen LogP contribution in [0.2, 0.25) is 0 Å². The largest absolute Gasteiger partial charge is 0.330 e. The van der Waals surface area contributed by atoms with E-state index >= 15 is 0 Å². The van der Waals surface area contributed by atoms with Crippen LogP contribution in [0.1, 0.15) is 21.6 Å². The second kappa shape index (κ2) is 4.93. The van der Waals surface area contributed by atoms with E-state index in [1.807, 2.05) is 31.2 Å². The van der Waals surface area contributed by atoms with E-state index in [-0.39, 0.29) is 5.91 Å². The predicted octanol–water partition coefficient (Wildman–Crippen LogP) is 1.38. The second-order valence-electron chi connectivity index (χ2n) is 3.91. The number of hydrogen-bond acceptors (Lipinski definition) is 3. The van der Waals surface area contributed by atoms with Gasteiger partial charge in [0.05, 0.1) is 0 Å². The van der Waals surface area contributed by atoms with Crippen LogP contribution >= 0.6 is 0 Å². The molecule has 88 valence electrons. The Morgan fingerprint density at radius 3 is 2.88 bits per heavy atom. The number of carbonyl (C=O) groups is 1. The van der Waals surface area contributed by atoms with Crippen LogP contribution in [0.25, 0.3) is 0 Å². The normalized spacial score (nSPS) is 10.5. The summed E-state index contributed by atoms with van der Waals surface area (Å²) in [7, 11) is 0. The van der Waals surface area contributed by atoms with Gasteiger partial charge in [0, 0.05) is 23.9 Å². The first-order chi connectivity index (χ1) is 8.24. The fraction of sp³-hybridized carbons (Fsp3) is 0.231. The molecule has 1 heterocycles. The Bertz CT molecular complexity index is 531. The zero-order valence-electron chi connectivity index (χ0n) is 9.76. The van der Waals surface area contributed by atoms with Crippen molar-refractivity contribution < 1.29 is 4.79 Å². The molecule has 0 saturated carbocycles.